The number of rotatable bonds is 9. The fraction of sp³-hybridized carbons (Fsp3) is 0.529. The number of hydrogen-bond acceptors (Lipinski definition) is 5. The van der Waals surface area contributed by atoms with E-state index in [-0.39, 0.29) is 30.1 Å². The minimum atomic E-state index is -1.08. The largest absolute Gasteiger partial charge is 0.480 e. The van der Waals surface area contributed by atoms with Crippen molar-refractivity contribution in [2.75, 3.05) is 23.0 Å². The number of benzene rings is 1. The fourth-order valence-corrected chi connectivity index (χ4v) is 3.26. The second-order valence-electron chi connectivity index (χ2n) is 5.69. The molecule has 4 N–H and O–H groups in total. The molecule has 0 aliphatic carbocycles. The Balaban J connectivity index is 2.98. The van der Waals surface area contributed by atoms with E-state index in [2.05, 4.69) is 0 Å². The van der Waals surface area contributed by atoms with E-state index in [1.807, 2.05) is 32.0 Å². The Kier molecular flexibility index (Phi) is 8.24. The van der Waals surface area contributed by atoms with Crippen molar-refractivity contribution in [3.8, 4) is 0 Å². The first kappa shape index (κ1) is 20.5. The lowest BCUT2D eigenvalue weighted by Gasteiger charge is -2.31. The zero-order chi connectivity index (χ0) is 18.3. The number of carboxylic acid groups (broad SMARTS) is 1. The highest BCUT2D eigenvalue weighted by Crippen LogP contribution is 2.28. The van der Waals surface area contributed by atoms with Crippen molar-refractivity contribution in [1.29, 1.82) is 0 Å². The molecule has 7 heteroatoms. The summed E-state index contributed by atoms with van der Waals surface area (Å²) in [5.41, 5.74) is 8.29. The lowest BCUT2D eigenvalue weighted by molar-refractivity contribution is -0.137. The Labute approximate surface area is 147 Å². The van der Waals surface area contributed by atoms with Crippen molar-refractivity contribution in [1.82, 2.24) is 0 Å². The molecule has 0 bridgehead atoms. The molecule has 24 heavy (non-hydrogen) atoms. The summed E-state index contributed by atoms with van der Waals surface area (Å²) < 4.78 is 0. The first-order chi connectivity index (χ1) is 11.3. The highest BCUT2D eigenvalue weighted by molar-refractivity contribution is 8.00. The van der Waals surface area contributed by atoms with Gasteiger partial charge in [-0.2, -0.15) is 0 Å². The van der Waals surface area contributed by atoms with E-state index < -0.39 is 12.0 Å². The number of carbonyl (C=O) groups excluding carboxylic acids is 1. The van der Waals surface area contributed by atoms with E-state index in [9.17, 15) is 14.7 Å². The van der Waals surface area contributed by atoms with Gasteiger partial charge in [-0.25, -0.2) is 0 Å². The zero-order valence-corrected chi connectivity index (χ0v) is 15.2. The number of thioether (sulfide) groups is 1. The lowest BCUT2D eigenvalue weighted by Crippen LogP contribution is -2.43. The van der Waals surface area contributed by atoms with Gasteiger partial charge >= 0.3 is 5.97 Å². The van der Waals surface area contributed by atoms with E-state index in [0.717, 1.165) is 23.2 Å². The van der Waals surface area contributed by atoms with E-state index in [4.69, 9.17) is 10.8 Å². The van der Waals surface area contributed by atoms with Crippen molar-refractivity contribution in [3.63, 3.8) is 0 Å². The molecule has 0 radical (unpaired) electrons. The van der Waals surface area contributed by atoms with E-state index in [1.165, 1.54) is 11.8 Å². The molecule has 2 unspecified atom stereocenters. The van der Waals surface area contributed by atoms with Gasteiger partial charge in [-0.3, -0.25) is 9.59 Å². The molecule has 2 atom stereocenters. The second kappa shape index (κ2) is 9.66. The van der Waals surface area contributed by atoms with Crippen LogP contribution in [0.1, 0.15) is 25.0 Å². The normalized spacial score (nSPS) is 13.4. The maximum Gasteiger partial charge on any atom is 0.321 e. The van der Waals surface area contributed by atoms with Crippen LogP contribution in [-0.2, 0) is 16.0 Å². The number of hydrogen-bond donors (Lipinski definition) is 3. The van der Waals surface area contributed by atoms with Crippen LogP contribution in [0.4, 0.5) is 5.69 Å². The van der Waals surface area contributed by atoms with Crippen LogP contribution < -0.4 is 10.6 Å². The molecule has 0 heterocycles. The molecule has 0 aliphatic heterocycles. The van der Waals surface area contributed by atoms with E-state index in [1.54, 1.807) is 11.8 Å². The van der Waals surface area contributed by atoms with Gasteiger partial charge in [0.2, 0.25) is 5.91 Å². The van der Waals surface area contributed by atoms with Gasteiger partial charge in [0.15, 0.2) is 0 Å². The average molecular weight is 354 g/mol. The van der Waals surface area contributed by atoms with Crippen LogP contribution in [0, 0.1) is 6.92 Å². The van der Waals surface area contributed by atoms with Gasteiger partial charge in [-0.1, -0.05) is 25.1 Å². The highest BCUT2D eigenvalue weighted by Gasteiger charge is 2.25. The van der Waals surface area contributed by atoms with Crippen LogP contribution in [0.25, 0.3) is 0 Å². The van der Waals surface area contributed by atoms with Crippen molar-refractivity contribution < 1.29 is 19.8 Å². The maximum atomic E-state index is 12.7. The van der Waals surface area contributed by atoms with Gasteiger partial charge in [0.05, 0.1) is 24.1 Å². The van der Waals surface area contributed by atoms with Gasteiger partial charge in [0.1, 0.15) is 6.04 Å². The number of aliphatic hydroxyl groups is 1. The Morgan fingerprint density at radius 3 is 2.58 bits per heavy atom. The predicted octanol–water partition coefficient (Wildman–Crippen LogP) is 1.42. The third-order valence-electron chi connectivity index (χ3n) is 3.76. The third kappa shape index (κ3) is 5.22. The third-order valence-corrected chi connectivity index (χ3v) is 4.80. The summed E-state index contributed by atoms with van der Waals surface area (Å²) in [6, 6.07) is 4.51. The Bertz CT molecular complexity index is 580. The molecule has 0 aromatic heterocycles. The van der Waals surface area contributed by atoms with Crippen LogP contribution in [0.5, 0.6) is 0 Å². The van der Waals surface area contributed by atoms with Crippen LogP contribution >= 0.6 is 11.8 Å². The molecule has 0 saturated carbocycles. The van der Waals surface area contributed by atoms with Gasteiger partial charge < -0.3 is 20.8 Å². The number of anilines is 1. The lowest BCUT2D eigenvalue weighted by atomic mass is 10.0. The van der Waals surface area contributed by atoms with Crippen LogP contribution in [0.2, 0.25) is 0 Å². The molecule has 0 fully saturated rings. The van der Waals surface area contributed by atoms with Crippen molar-refractivity contribution in [2.24, 2.45) is 5.73 Å². The van der Waals surface area contributed by atoms with Crippen LogP contribution in [-0.4, -0.2) is 52.3 Å². The van der Waals surface area contributed by atoms with Crippen LogP contribution in [0.3, 0.4) is 0 Å². The summed E-state index contributed by atoms with van der Waals surface area (Å²) in [6.45, 7) is 5.59. The molecule has 1 aromatic carbocycles. The standard InChI is InChI=1S/C17H26N2O4S/c1-4-13-7-5-6-11(2)16(13)19(12(3)8-20)15(21)10-24-9-14(18)17(22)23/h5-7,12,14,20H,4,8-10,18H2,1-3H3,(H,22,23). The van der Waals surface area contributed by atoms with Gasteiger partial charge in [-0.15, -0.1) is 11.8 Å². The van der Waals surface area contributed by atoms with Gasteiger partial charge in [0.25, 0.3) is 0 Å². The second-order valence-corrected chi connectivity index (χ2v) is 6.72. The van der Waals surface area contributed by atoms with Crippen molar-refractivity contribution in [3.05, 3.63) is 29.3 Å². The monoisotopic (exact) mass is 354 g/mol. The number of nitrogens with zero attached hydrogens (tertiary/aromatic N) is 1. The Morgan fingerprint density at radius 2 is 2.04 bits per heavy atom. The Morgan fingerprint density at radius 1 is 1.38 bits per heavy atom. The number of nitrogens with two attached hydrogens (primary N) is 1. The number of para-hydroxylation sites is 1. The average Bonchev–Trinajstić information content (AvgIpc) is 2.55. The Hall–Kier alpha value is -1.57. The van der Waals surface area contributed by atoms with Gasteiger partial charge in [0, 0.05) is 5.75 Å². The molecule has 0 aliphatic rings. The SMILES string of the molecule is CCc1cccc(C)c1N(C(=O)CSCC(N)C(=O)O)C(C)CO. The van der Waals surface area contributed by atoms with Crippen LogP contribution in [0.15, 0.2) is 18.2 Å². The minimum absolute atomic E-state index is 0.114. The summed E-state index contributed by atoms with van der Waals surface area (Å²) >= 11 is 1.19. The summed E-state index contributed by atoms with van der Waals surface area (Å²) in [5, 5.41) is 18.4. The molecule has 0 saturated heterocycles. The first-order valence-electron chi connectivity index (χ1n) is 7.90. The quantitative estimate of drug-likeness (QED) is 0.619. The first-order valence-corrected chi connectivity index (χ1v) is 9.06. The molecular formula is C17H26N2O4S. The molecule has 0 spiro atoms. The predicted molar refractivity (Wildman–Crippen MR) is 97.5 cm³/mol. The number of amides is 1. The molecular weight excluding hydrogens is 328 g/mol. The topological polar surface area (TPSA) is 104 Å². The minimum Gasteiger partial charge on any atom is -0.480 e. The molecule has 6 nitrogen and oxygen atoms in total. The van der Waals surface area contributed by atoms with Crippen molar-refractivity contribution >= 4 is 29.3 Å². The molecule has 134 valence electrons. The van der Waals surface area contributed by atoms with E-state index >= 15 is 0 Å². The molecule has 1 rings (SSSR count). The summed E-state index contributed by atoms with van der Waals surface area (Å²) in [5.74, 6) is -0.967. The fourth-order valence-electron chi connectivity index (χ4n) is 2.44. The van der Waals surface area contributed by atoms with Crippen molar-refractivity contribution in [2.45, 2.75) is 39.3 Å². The zero-order valence-electron chi connectivity index (χ0n) is 14.4. The summed E-state index contributed by atoms with van der Waals surface area (Å²) in [4.78, 5) is 25.1. The summed E-state index contributed by atoms with van der Waals surface area (Å²) in [7, 11) is 0. The molecule has 1 amide bonds. The molecule has 1 aromatic rings. The van der Waals surface area contributed by atoms with E-state index in [0.29, 0.717) is 0 Å². The van der Waals surface area contributed by atoms with Gasteiger partial charge in [-0.05, 0) is 31.4 Å². The number of aliphatic carboxylic acids is 1. The number of carboxylic acids is 1. The maximum absolute atomic E-state index is 12.7. The number of aryl methyl sites for hydroxylation is 2. The smallest absolute Gasteiger partial charge is 0.321 e. The highest BCUT2D eigenvalue weighted by atomic mass is 32.2. The summed E-state index contributed by atoms with van der Waals surface area (Å²) in [6.07, 6.45) is 0.774. The number of aliphatic hydroxyl groups excluding tert-OH is 1. The number of carbonyl (C=O) groups is 2.